The van der Waals surface area contributed by atoms with Gasteiger partial charge in [-0.1, -0.05) is 6.07 Å². The van der Waals surface area contributed by atoms with Crippen LogP contribution >= 0.6 is 0 Å². The minimum atomic E-state index is -0.516. The van der Waals surface area contributed by atoms with Gasteiger partial charge in [-0.05, 0) is 36.6 Å². The molecule has 1 aliphatic rings. The van der Waals surface area contributed by atoms with Gasteiger partial charge in [0, 0.05) is 31.7 Å². The van der Waals surface area contributed by atoms with Crippen molar-refractivity contribution in [3.63, 3.8) is 0 Å². The van der Waals surface area contributed by atoms with Crippen LogP contribution in [0.4, 0.5) is 0 Å². The molecular weight excluding hydrogens is 292 g/mol. The number of aromatic nitrogens is 1. The van der Waals surface area contributed by atoms with E-state index in [1.807, 2.05) is 6.07 Å². The minimum Gasteiger partial charge on any atom is -0.390 e. The van der Waals surface area contributed by atoms with Gasteiger partial charge in [-0.2, -0.15) is 5.26 Å². The van der Waals surface area contributed by atoms with Gasteiger partial charge < -0.3 is 15.4 Å². The maximum Gasteiger partial charge on any atom is 0.251 e. The van der Waals surface area contributed by atoms with Gasteiger partial charge in [-0.3, -0.25) is 9.69 Å². The van der Waals surface area contributed by atoms with Crippen LogP contribution in [0.3, 0.4) is 0 Å². The number of benzene rings is 1. The zero-order chi connectivity index (χ0) is 16.4. The molecule has 1 aliphatic heterocycles. The molecule has 0 radical (unpaired) electrons. The van der Waals surface area contributed by atoms with Crippen LogP contribution in [-0.2, 0) is 6.54 Å². The summed E-state index contributed by atoms with van der Waals surface area (Å²) in [6.07, 6.45) is 0.239. The highest BCUT2D eigenvalue weighted by molar-refractivity contribution is 5.80. The molecule has 1 aromatic heterocycles. The molecule has 3 N–H and O–H groups in total. The van der Waals surface area contributed by atoms with Gasteiger partial charge in [-0.15, -0.1) is 0 Å². The van der Waals surface area contributed by atoms with E-state index in [1.54, 1.807) is 28.8 Å². The van der Waals surface area contributed by atoms with E-state index in [4.69, 9.17) is 11.0 Å². The molecule has 2 atom stereocenters. The molecule has 6 nitrogen and oxygen atoms in total. The molecular formula is C17H20N4O2. The summed E-state index contributed by atoms with van der Waals surface area (Å²) in [5.74, 6) is 0. The van der Waals surface area contributed by atoms with E-state index in [0.29, 0.717) is 25.2 Å². The first-order valence-electron chi connectivity index (χ1n) is 7.78. The molecule has 0 bridgehead atoms. The van der Waals surface area contributed by atoms with Gasteiger partial charge in [0.05, 0.1) is 23.3 Å². The van der Waals surface area contributed by atoms with Crippen LogP contribution in [0.5, 0.6) is 0 Å². The number of nitriles is 1. The highest BCUT2D eigenvalue weighted by Crippen LogP contribution is 2.15. The zero-order valence-electron chi connectivity index (χ0n) is 12.9. The van der Waals surface area contributed by atoms with Crippen molar-refractivity contribution in [1.82, 2.24) is 9.47 Å². The van der Waals surface area contributed by atoms with Gasteiger partial charge in [-0.25, -0.2) is 0 Å². The van der Waals surface area contributed by atoms with E-state index < -0.39 is 6.10 Å². The number of nitrogens with zero attached hydrogens (tertiary/aromatic N) is 3. The molecule has 3 rings (SSSR count). The third-order valence-electron chi connectivity index (χ3n) is 4.48. The van der Waals surface area contributed by atoms with Crippen LogP contribution in [0.25, 0.3) is 10.9 Å². The molecule has 0 amide bonds. The normalized spacial score (nSPS) is 22.1. The lowest BCUT2D eigenvalue weighted by Gasteiger charge is -2.34. The summed E-state index contributed by atoms with van der Waals surface area (Å²) in [6.45, 7) is 2.54. The summed E-state index contributed by atoms with van der Waals surface area (Å²) in [5.41, 5.74) is 7.04. The monoisotopic (exact) mass is 312 g/mol. The molecule has 1 fully saturated rings. The van der Waals surface area contributed by atoms with Crippen LogP contribution in [-0.4, -0.2) is 46.4 Å². The average molecular weight is 312 g/mol. The van der Waals surface area contributed by atoms with Crippen molar-refractivity contribution < 1.29 is 5.11 Å². The van der Waals surface area contributed by atoms with Crippen molar-refractivity contribution in [1.29, 1.82) is 5.26 Å². The first-order chi connectivity index (χ1) is 11.1. The third kappa shape index (κ3) is 3.27. The summed E-state index contributed by atoms with van der Waals surface area (Å²) in [7, 11) is 0. The Morgan fingerprint density at radius 3 is 2.83 bits per heavy atom. The number of pyridine rings is 1. The maximum atomic E-state index is 12.2. The second-order valence-corrected chi connectivity index (χ2v) is 6.03. The number of hydrogen-bond acceptors (Lipinski definition) is 5. The third-order valence-corrected chi connectivity index (χ3v) is 4.48. The van der Waals surface area contributed by atoms with Crippen LogP contribution in [0.2, 0.25) is 0 Å². The molecule has 6 heteroatoms. The summed E-state index contributed by atoms with van der Waals surface area (Å²) < 4.78 is 1.69. The Kier molecular flexibility index (Phi) is 4.44. The van der Waals surface area contributed by atoms with Crippen LogP contribution in [0.15, 0.2) is 35.1 Å². The number of β-amino-alcohol motifs (C(OH)–C–C–N with tert-alkyl or cyclic N) is 1. The number of hydrogen-bond donors (Lipinski definition) is 2. The molecule has 23 heavy (non-hydrogen) atoms. The van der Waals surface area contributed by atoms with Crippen LogP contribution < -0.4 is 11.3 Å². The molecule has 120 valence electrons. The molecule has 2 heterocycles. The van der Waals surface area contributed by atoms with Gasteiger partial charge in [0.25, 0.3) is 5.56 Å². The van der Waals surface area contributed by atoms with E-state index in [9.17, 15) is 9.90 Å². The first-order valence-corrected chi connectivity index (χ1v) is 7.78. The standard InChI is InChI=1S/C17H20N4O2/c18-10-12-1-2-13-3-4-17(23)21(15(13)9-12)8-7-20-6-5-14(19)16(22)11-20/h1-4,9,14,16,22H,5-8,11,19H2/t14-,16+/m0/s1. The van der Waals surface area contributed by atoms with Crippen molar-refractivity contribution in [3.05, 3.63) is 46.2 Å². The van der Waals surface area contributed by atoms with Crippen molar-refractivity contribution >= 4 is 10.9 Å². The number of likely N-dealkylation sites (tertiary alicyclic amines) is 1. The topological polar surface area (TPSA) is 95.3 Å². The van der Waals surface area contributed by atoms with Crippen LogP contribution in [0, 0.1) is 11.3 Å². The number of piperidine rings is 1. The van der Waals surface area contributed by atoms with E-state index in [2.05, 4.69) is 11.0 Å². The predicted molar refractivity (Wildman–Crippen MR) is 88.0 cm³/mol. The number of nitrogens with two attached hydrogens (primary N) is 1. The fraction of sp³-hybridized carbons (Fsp3) is 0.412. The Labute approximate surface area is 134 Å². The number of aliphatic hydroxyl groups is 1. The lowest BCUT2D eigenvalue weighted by molar-refractivity contribution is 0.0520. The largest absolute Gasteiger partial charge is 0.390 e. The van der Waals surface area contributed by atoms with Gasteiger partial charge in [0.1, 0.15) is 0 Å². The molecule has 1 aromatic carbocycles. The molecule has 0 spiro atoms. The maximum absolute atomic E-state index is 12.2. The smallest absolute Gasteiger partial charge is 0.251 e. The average Bonchev–Trinajstić information content (AvgIpc) is 2.56. The number of rotatable bonds is 3. The van der Waals surface area contributed by atoms with Crippen molar-refractivity contribution in [2.24, 2.45) is 5.73 Å². The zero-order valence-corrected chi connectivity index (χ0v) is 12.9. The number of fused-ring (bicyclic) bond motifs is 1. The molecule has 0 unspecified atom stereocenters. The van der Waals surface area contributed by atoms with Crippen LogP contribution in [0.1, 0.15) is 12.0 Å². The molecule has 0 saturated carbocycles. The van der Waals surface area contributed by atoms with E-state index >= 15 is 0 Å². The number of aliphatic hydroxyl groups excluding tert-OH is 1. The second-order valence-electron chi connectivity index (χ2n) is 6.03. The van der Waals surface area contributed by atoms with E-state index in [-0.39, 0.29) is 11.6 Å². The lowest BCUT2D eigenvalue weighted by atomic mass is 10.0. The molecule has 1 saturated heterocycles. The second kappa shape index (κ2) is 6.50. The Bertz CT molecular complexity index is 808. The fourth-order valence-electron chi connectivity index (χ4n) is 3.05. The van der Waals surface area contributed by atoms with E-state index in [1.165, 1.54) is 0 Å². The first kappa shape index (κ1) is 15.7. The highest BCUT2D eigenvalue weighted by atomic mass is 16.3. The minimum absolute atomic E-state index is 0.0816. The Morgan fingerprint density at radius 2 is 2.09 bits per heavy atom. The molecule has 0 aliphatic carbocycles. The Morgan fingerprint density at radius 1 is 1.30 bits per heavy atom. The van der Waals surface area contributed by atoms with Crippen molar-refractivity contribution in [2.75, 3.05) is 19.6 Å². The Hall–Kier alpha value is -2.20. The predicted octanol–water partition coefficient (Wildman–Crippen LogP) is 0.267. The summed E-state index contributed by atoms with van der Waals surface area (Å²) in [4.78, 5) is 14.3. The van der Waals surface area contributed by atoms with Gasteiger partial charge in [0.15, 0.2) is 0 Å². The van der Waals surface area contributed by atoms with E-state index in [0.717, 1.165) is 23.9 Å². The SMILES string of the molecule is N#Cc1ccc2ccc(=O)n(CCN3CC[C@H](N)[C@H](O)C3)c2c1. The van der Waals surface area contributed by atoms with Crippen molar-refractivity contribution in [2.45, 2.75) is 25.1 Å². The summed E-state index contributed by atoms with van der Waals surface area (Å²) in [5, 5.41) is 19.9. The van der Waals surface area contributed by atoms with Crippen molar-refractivity contribution in [3.8, 4) is 6.07 Å². The fourth-order valence-corrected chi connectivity index (χ4v) is 3.05. The molecule has 2 aromatic rings. The lowest BCUT2D eigenvalue weighted by Crippen LogP contribution is -2.51. The van der Waals surface area contributed by atoms with Gasteiger partial charge >= 0.3 is 0 Å². The quantitative estimate of drug-likeness (QED) is 0.848. The summed E-state index contributed by atoms with van der Waals surface area (Å²) in [6, 6.07) is 10.6. The summed E-state index contributed by atoms with van der Waals surface area (Å²) >= 11 is 0. The highest BCUT2D eigenvalue weighted by Gasteiger charge is 2.24. The Balaban J connectivity index is 1.83. The van der Waals surface area contributed by atoms with Gasteiger partial charge in [0.2, 0.25) is 0 Å².